The topological polar surface area (TPSA) is 74.6 Å². The molecule has 2 aromatic rings. The fraction of sp³-hybridized carbons (Fsp3) is 0.333. The Hall–Kier alpha value is -3.04. The van der Waals surface area contributed by atoms with Gasteiger partial charge in [0.2, 0.25) is 0 Å². The predicted octanol–water partition coefficient (Wildman–Crippen LogP) is 4.03. The summed E-state index contributed by atoms with van der Waals surface area (Å²) in [5, 5.41) is 2.86. The molecule has 0 saturated carbocycles. The average molecular weight is 419 g/mol. The zero-order valence-electron chi connectivity index (χ0n) is 16.6. The van der Waals surface area contributed by atoms with Gasteiger partial charge in [-0.1, -0.05) is 13.2 Å². The van der Waals surface area contributed by atoms with E-state index in [1.807, 2.05) is 0 Å². The summed E-state index contributed by atoms with van der Waals surface area (Å²) in [6, 6.07) is 3.28. The Balaban J connectivity index is 2.02. The molecule has 2 heterocycles. The van der Waals surface area contributed by atoms with E-state index in [1.54, 1.807) is 0 Å². The molecule has 0 bridgehead atoms. The number of aromatic nitrogens is 2. The van der Waals surface area contributed by atoms with Crippen molar-refractivity contribution in [2.24, 2.45) is 0 Å². The van der Waals surface area contributed by atoms with E-state index in [0.29, 0.717) is 13.0 Å². The van der Waals surface area contributed by atoms with Crippen molar-refractivity contribution in [3.8, 4) is 0 Å². The van der Waals surface area contributed by atoms with Gasteiger partial charge in [-0.3, -0.25) is 9.36 Å². The maximum absolute atomic E-state index is 13.6. The number of benzene rings is 1. The number of ether oxygens (including phenoxy) is 3. The van der Waals surface area contributed by atoms with Crippen LogP contribution >= 0.6 is 0 Å². The summed E-state index contributed by atoms with van der Waals surface area (Å²) >= 11 is 0. The maximum Gasteiger partial charge on any atom is 0.265 e. The first-order chi connectivity index (χ1) is 14.4. The third-order valence-electron chi connectivity index (χ3n) is 4.62. The van der Waals surface area contributed by atoms with Gasteiger partial charge in [0.1, 0.15) is 5.82 Å². The molecule has 1 aliphatic rings. The van der Waals surface area contributed by atoms with Gasteiger partial charge in [-0.25, -0.2) is 13.8 Å². The number of nitrogens with one attached hydrogen (secondary N) is 1. The summed E-state index contributed by atoms with van der Waals surface area (Å²) in [5.74, 6) is -1.67. The molecule has 3 rings (SSSR count). The van der Waals surface area contributed by atoms with Crippen LogP contribution in [0.15, 0.2) is 36.2 Å². The van der Waals surface area contributed by atoms with Gasteiger partial charge in [0.25, 0.3) is 5.56 Å². The third kappa shape index (κ3) is 4.74. The third-order valence-corrected chi connectivity index (χ3v) is 4.62. The minimum atomic E-state index is -1.03. The Morgan fingerprint density at radius 3 is 2.83 bits per heavy atom. The van der Waals surface area contributed by atoms with E-state index >= 15 is 0 Å². The first-order valence-corrected chi connectivity index (χ1v) is 9.41. The first kappa shape index (κ1) is 21.7. The molecule has 1 fully saturated rings. The maximum atomic E-state index is 13.6. The molecule has 9 heteroatoms. The smallest absolute Gasteiger partial charge is 0.265 e. The van der Waals surface area contributed by atoms with E-state index in [-0.39, 0.29) is 35.3 Å². The lowest BCUT2D eigenvalue weighted by molar-refractivity contribution is -0.169. The molecule has 30 heavy (non-hydrogen) atoms. The molecule has 1 aromatic heterocycles. The van der Waals surface area contributed by atoms with Gasteiger partial charge < -0.3 is 19.5 Å². The highest BCUT2D eigenvalue weighted by Gasteiger charge is 2.21. The lowest BCUT2D eigenvalue weighted by Crippen LogP contribution is -2.29. The normalized spacial score (nSPS) is 16.2. The molecule has 0 radical (unpaired) electrons. The van der Waals surface area contributed by atoms with Gasteiger partial charge in [0.05, 0.1) is 19.3 Å². The van der Waals surface area contributed by atoms with Crippen LogP contribution in [0.25, 0.3) is 12.0 Å². The molecule has 0 amide bonds. The number of nitrogens with zero attached hydrogens (tertiary/aromatic N) is 2. The Morgan fingerprint density at radius 1 is 1.40 bits per heavy atom. The van der Waals surface area contributed by atoms with Crippen LogP contribution < -0.4 is 10.9 Å². The van der Waals surface area contributed by atoms with Crippen LogP contribution in [-0.2, 0) is 20.8 Å². The fourth-order valence-electron chi connectivity index (χ4n) is 2.99. The number of hydrogen-bond acceptors (Lipinski definition) is 6. The van der Waals surface area contributed by atoms with Crippen LogP contribution in [0.2, 0.25) is 0 Å². The van der Waals surface area contributed by atoms with Gasteiger partial charge in [0.15, 0.2) is 29.5 Å². The predicted molar refractivity (Wildman–Crippen MR) is 109 cm³/mol. The minimum Gasteiger partial charge on any atom is -0.493 e. The molecule has 1 atom stereocenters. The van der Waals surface area contributed by atoms with Crippen molar-refractivity contribution >= 4 is 23.5 Å². The van der Waals surface area contributed by atoms with Crippen molar-refractivity contribution in [3.05, 3.63) is 64.7 Å². The van der Waals surface area contributed by atoms with Crippen LogP contribution in [0, 0.1) is 11.6 Å². The summed E-state index contributed by atoms with van der Waals surface area (Å²) in [4.78, 5) is 17.5. The zero-order chi connectivity index (χ0) is 21.7. The summed E-state index contributed by atoms with van der Waals surface area (Å²) < 4.78 is 44.5. The summed E-state index contributed by atoms with van der Waals surface area (Å²) in [6.07, 6.45) is 3.50. The second kappa shape index (κ2) is 9.64. The molecule has 1 N–H and O–H groups in total. The minimum absolute atomic E-state index is 0.101. The molecule has 0 aliphatic carbocycles. The van der Waals surface area contributed by atoms with Crippen molar-refractivity contribution < 1.29 is 23.0 Å². The van der Waals surface area contributed by atoms with Crippen LogP contribution in [0.3, 0.4) is 0 Å². The second-order valence-corrected chi connectivity index (χ2v) is 6.61. The van der Waals surface area contributed by atoms with Crippen molar-refractivity contribution in [1.29, 1.82) is 0 Å². The summed E-state index contributed by atoms with van der Waals surface area (Å²) in [6.45, 7) is 7.87. The Kier molecular flexibility index (Phi) is 6.96. The Morgan fingerprint density at radius 2 is 2.20 bits per heavy atom. The largest absolute Gasteiger partial charge is 0.493 e. The van der Waals surface area contributed by atoms with E-state index in [9.17, 15) is 13.6 Å². The molecule has 1 aliphatic heterocycles. The van der Waals surface area contributed by atoms with Crippen LogP contribution in [0.4, 0.5) is 20.3 Å². The zero-order valence-corrected chi connectivity index (χ0v) is 16.6. The van der Waals surface area contributed by atoms with Crippen molar-refractivity contribution in [2.75, 3.05) is 19.0 Å². The number of halogens is 2. The quantitative estimate of drug-likeness (QED) is 0.652. The average Bonchev–Trinajstić information content (AvgIpc) is 2.75. The lowest BCUT2D eigenvalue weighted by atomic mass is 10.2. The van der Waals surface area contributed by atoms with E-state index < -0.39 is 23.5 Å². The van der Waals surface area contributed by atoms with Gasteiger partial charge in [-0.05, 0) is 31.4 Å². The standard InChI is InChI=1S/C21H23F2N3O4/c1-4-26-20(13(2)28-3)25-19(24-14-8-9-16(22)17(23)11-14)15(21(26)27)12-30-18-7-5-6-10-29-18/h4,8-9,11,18,24H,1-2,5-7,10,12H2,3H3. The summed E-state index contributed by atoms with van der Waals surface area (Å²) in [7, 11) is 1.39. The fourth-order valence-corrected chi connectivity index (χ4v) is 2.99. The lowest BCUT2D eigenvalue weighted by Gasteiger charge is -2.23. The number of anilines is 2. The SMILES string of the molecule is C=Cn1c(C(=C)OC)nc(Nc2ccc(F)c(F)c2)c(COC2CCCCO2)c1=O. The van der Waals surface area contributed by atoms with Crippen molar-refractivity contribution in [2.45, 2.75) is 32.2 Å². The van der Waals surface area contributed by atoms with Crippen LogP contribution in [-0.4, -0.2) is 29.6 Å². The van der Waals surface area contributed by atoms with Gasteiger partial charge in [0, 0.05) is 24.6 Å². The Bertz CT molecular complexity index is 1000. The van der Waals surface area contributed by atoms with Crippen molar-refractivity contribution in [1.82, 2.24) is 9.55 Å². The molecular weight excluding hydrogens is 396 g/mol. The number of methoxy groups -OCH3 is 1. The monoisotopic (exact) mass is 419 g/mol. The van der Waals surface area contributed by atoms with Gasteiger partial charge in [-0.2, -0.15) is 0 Å². The van der Waals surface area contributed by atoms with E-state index in [4.69, 9.17) is 14.2 Å². The van der Waals surface area contributed by atoms with Gasteiger partial charge >= 0.3 is 0 Å². The molecule has 160 valence electrons. The highest BCUT2D eigenvalue weighted by Crippen LogP contribution is 2.23. The molecule has 0 spiro atoms. The summed E-state index contributed by atoms with van der Waals surface area (Å²) in [5.41, 5.74) is -0.0862. The molecule has 1 saturated heterocycles. The molecule has 7 nitrogen and oxygen atoms in total. The molecule has 1 unspecified atom stereocenters. The Labute approximate surface area is 172 Å². The highest BCUT2D eigenvalue weighted by atomic mass is 19.2. The highest BCUT2D eigenvalue weighted by molar-refractivity contribution is 5.63. The first-order valence-electron chi connectivity index (χ1n) is 9.41. The van der Waals surface area contributed by atoms with Gasteiger partial charge in [-0.15, -0.1) is 0 Å². The van der Waals surface area contributed by atoms with E-state index in [1.165, 1.54) is 23.9 Å². The molecular formula is C21H23F2N3O4. The second-order valence-electron chi connectivity index (χ2n) is 6.61. The number of hydrogen-bond donors (Lipinski definition) is 1. The van der Waals surface area contributed by atoms with Crippen LogP contribution in [0.1, 0.15) is 30.7 Å². The van der Waals surface area contributed by atoms with E-state index in [2.05, 4.69) is 23.5 Å². The number of rotatable bonds is 8. The van der Waals surface area contributed by atoms with Crippen LogP contribution in [0.5, 0.6) is 0 Å². The van der Waals surface area contributed by atoms with E-state index in [0.717, 1.165) is 25.0 Å². The molecule has 1 aromatic carbocycles. The van der Waals surface area contributed by atoms with Crippen molar-refractivity contribution in [3.63, 3.8) is 0 Å².